The number of nitrogens with zero attached hydrogens (tertiary/aromatic N) is 2. The molecule has 1 fully saturated rings. The highest BCUT2D eigenvalue weighted by molar-refractivity contribution is 7.92. The quantitative estimate of drug-likeness (QED) is 0.293. The highest BCUT2D eigenvalue weighted by Crippen LogP contribution is 2.27. The maximum atomic E-state index is 14.1. The number of sulfonamides is 1. The Morgan fingerprint density at radius 3 is 1.93 bits per heavy atom. The zero-order chi connectivity index (χ0) is 30.4. The topological polar surface area (TPSA) is 86.8 Å². The smallest absolute Gasteiger partial charge is 0.264 e. The first-order valence-electron chi connectivity index (χ1n) is 14.8. The van der Waals surface area contributed by atoms with Crippen LogP contribution in [0.1, 0.15) is 74.6 Å². The summed E-state index contributed by atoms with van der Waals surface area (Å²) in [5.74, 6) is -0.406. The minimum Gasteiger partial charge on any atom is -0.352 e. The summed E-state index contributed by atoms with van der Waals surface area (Å²) in [6.07, 6.45) is 4.01. The number of hydrogen-bond acceptors (Lipinski definition) is 4. The molecular formula is C34H43N3O4S. The van der Waals surface area contributed by atoms with Gasteiger partial charge in [0.05, 0.1) is 10.6 Å². The fourth-order valence-corrected chi connectivity index (χ4v) is 6.67. The van der Waals surface area contributed by atoms with Crippen molar-refractivity contribution in [2.24, 2.45) is 0 Å². The number of nitrogens with one attached hydrogen (secondary N) is 1. The monoisotopic (exact) mass is 589 g/mol. The lowest BCUT2D eigenvalue weighted by molar-refractivity contribution is -0.139. The Kier molecular flexibility index (Phi) is 10.1. The van der Waals surface area contributed by atoms with E-state index >= 15 is 0 Å². The average molecular weight is 590 g/mol. The van der Waals surface area contributed by atoms with Crippen molar-refractivity contribution < 1.29 is 18.0 Å². The summed E-state index contributed by atoms with van der Waals surface area (Å²) in [6, 6.07) is 21.0. The Bertz CT molecular complexity index is 1460. The molecule has 3 aromatic rings. The molecule has 0 saturated heterocycles. The van der Waals surface area contributed by atoms with E-state index in [0.717, 1.165) is 52.2 Å². The molecule has 7 nitrogen and oxygen atoms in total. The molecule has 0 heterocycles. The first-order chi connectivity index (χ1) is 20.0. The lowest BCUT2D eigenvalue weighted by Gasteiger charge is -2.32. The van der Waals surface area contributed by atoms with Gasteiger partial charge in [0.25, 0.3) is 10.0 Å². The van der Waals surface area contributed by atoms with Gasteiger partial charge in [-0.15, -0.1) is 0 Å². The molecule has 0 aliphatic heterocycles. The molecule has 1 aliphatic carbocycles. The second-order valence-corrected chi connectivity index (χ2v) is 13.6. The zero-order valence-corrected chi connectivity index (χ0v) is 26.2. The van der Waals surface area contributed by atoms with Gasteiger partial charge in [-0.3, -0.25) is 13.9 Å². The van der Waals surface area contributed by atoms with Crippen molar-refractivity contribution in [2.45, 2.75) is 89.7 Å². The average Bonchev–Trinajstić information content (AvgIpc) is 3.48. The van der Waals surface area contributed by atoms with E-state index in [4.69, 9.17) is 0 Å². The van der Waals surface area contributed by atoms with Crippen LogP contribution in [0.4, 0.5) is 5.69 Å². The molecular weight excluding hydrogens is 546 g/mol. The standard InChI is InChI=1S/C34H43N3O4S/c1-24(2)29-16-18-31(19-17-29)37(42(40,41)32-20-12-26(4)13-21-32)23-33(38)36(22-28-14-10-25(3)11-15-28)27(5)34(39)35-30-8-6-7-9-30/h10-21,24,27,30H,6-9,22-23H2,1-5H3,(H,35,39)/t27-/m1/s1. The van der Waals surface area contributed by atoms with Crippen LogP contribution in [0, 0.1) is 13.8 Å². The third-order valence-electron chi connectivity index (χ3n) is 8.08. The summed E-state index contributed by atoms with van der Waals surface area (Å²) in [4.78, 5) is 29.1. The Hall–Kier alpha value is -3.65. The van der Waals surface area contributed by atoms with Crippen LogP contribution in [0.15, 0.2) is 77.7 Å². The van der Waals surface area contributed by atoms with E-state index in [2.05, 4.69) is 19.2 Å². The van der Waals surface area contributed by atoms with Gasteiger partial charge in [-0.25, -0.2) is 8.42 Å². The van der Waals surface area contributed by atoms with E-state index in [-0.39, 0.29) is 29.3 Å². The van der Waals surface area contributed by atoms with E-state index in [1.807, 2.05) is 50.2 Å². The minimum atomic E-state index is -4.09. The van der Waals surface area contributed by atoms with Crippen molar-refractivity contribution in [2.75, 3.05) is 10.8 Å². The van der Waals surface area contributed by atoms with E-state index in [1.165, 1.54) is 4.90 Å². The van der Waals surface area contributed by atoms with Crippen LogP contribution in [0.25, 0.3) is 0 Å². The summed E-state index contributed by atoms with van der Waals surface area (Å²) < 4.78 is 29.2. The van der Waals surface area contributed by atoms with Crippen molar-refractivity contribution in [3.63, 3.8) is 0 Å². The molecule has 1 aliphatic rings. The van der Waals surface area contributed by atoms with Crippen molar-refractivity contribution in [3.8, 4) is 0 Å². The number of amides is 2. The SMILES string of the molecule is Cc1ccc(CN(C(=O)CN(c2ccc(C(C)C)cc2)S(=O)(=O)c2ccc(C)cc2)[C@H](C)C(=O)NC2CCCC2)cc1. The summed E-state index contributed by atoms with van der Waals surface area (Å²) in [6.45, 7) is 9.48. The normalized spacial score (nSPS) is 14.5. The number of carbonyl (C=O) groups excluding carboxylic acids is 2. The van der Waals surface area contributed by atoms with Crippen LogP contribution in [0.5, 0.6) is 0 Å². The number of rotatable bonds is 11. The molecule has 3 aromatic carbocycles. The number of carbonyl (C=O) groups is 2. The van der Waals surface area contributed by atoms with Crippen LogP contribution in [-0.2, 0) is 26.2 Å². The molecule has 1 saturated carbocycles. The van der Waals surface area contributed by atoms with Crippen molar-refractivity contribution in [1.29, 1.82) is 0 Å². The maximum absolute atomic E-state index is 14.1. The lowest BCUT2D eigenvalue weighted by atomic mass is 10.0. The van der Waals surface area contributed by atoms with Crippen molar-refractivity contribution >= 4 is 27.5 Å². The van der Waals surface area contributed by atoms with Gasteiger partial charge in [-0.05, 0) is 74.9 Å². The highest BCUT2D eigenvalue weighted by atomic mass is 32.2. The Morgan fingerprint density at radius 2 is 1.38 bits per heavy atom. The first-order valence-corrected chi connectivity index (χ1v) is 16.2. The lowest BCUT2D eigenvalue weighted by Crippen LogP contribution is -2.52. The number of aryl methyl sites for hydroxylation is 2. The molecule has 1 N–H and O–H groups in total. The van der Waals surface area contributed by atoms with Crippen LogP contribution < -0.4 is 9.62 Å². The Morgan fingerprint density at radius 1 is 0.833 bits per heavy atom. The molecule has 4 rings (SSSR count). The van der Waals surface area contributed by atoms with Crippen molar-refractivity contribution in [3.05, 3.63) is 95.1 Å². The number of anilines is 1. The fourth-order valence-electron chi connectivity index (χ4n) is 5.26. The summed E-state index contributed by atoms with van der Waals surface area (Å²) in [7, 11) is -4.09. The summed E-state index contributed by atoms with van der Waals surface area (Å²) >= 11 is 0. The van der Waals surface area contributed by atoms with Gasteiger partial charge in [0, 0.05) is 12.6 Å². The molecule has 0 bridgehead atoms. The zero-order valence-electron chi connectivity index (χ0n) is 25.3. The molecule has 0 unspecified atom stereocenters. The van der Waals surface area contributed by atoms with Gasteiger partial charge < -0.3 is 10.2 Å². The molecule has 8 heteroatoms. The molecule has 0 spiro atoms. The van der Waals surface area contributed by atoms with Crippen molar-refractivity contribution in [1.82, 2.24) is 10.2 Å². The van der Waals surface area contributed by atoms with Gasteiger partial charge in [0.1, 0.15) is 12.6 Å². The third kappa shape index (κ3) is 7.59. The summed E-state index contributed by atoms with van der Waals surface area (Å²) in [5, 5.41) is 3.11. The van der Waals surface area contributed by atoms with E-state index in [1.54, 1.807) is 43.3 Å². The van der Waals surface area contributed by atoms with Crippen LogP contribution in [-0.4, -0.2) is 43.8 Å². The fraction of sp³-hybridized carbons (Fsp3) is 0.412. The second-order valence-electron chi connectivity index (χ2n) is 11.7. The predicted octanol–water partition coefficient (Wildman–Crippen LogP) is 6.10. The summed E-state index contributed by atoms with van der Waals surface area (Å²) in [5.41, 5.74) is 4.35. The highest BCUT2D eigenvalue weighted by Gasteiger charge is 2.33. The molecule has 2 amide bonds. The molecule has 224 valence electrons. The van der Waals surface area contributed by atoms with Crippen LogP contribution in [0.2, 0.25) is 0 Å². The van der Waals surface area contributed by atoms with Gasteiger partial charge in [-0.1, -0.05) is 86.3 Å². The third-order valence-corrected chi connectivity index (χ3v) is 9.87. The number of benzene rings is 3. The molecule has 0 aromatic heterocycles. The minimum absolute atomic E-state index is 0.103. The van der Waals surface area contributed by atoms with E-state index < -0.39 is 28.5 Å². The van der Waals surface area contributed by atoms with Crippen LogP contribution in [0.3, 0.4) is 0 Å². The van der Waals surface area contributed by atoms with Gasteiger partial charge in [0.15, 0.2) is 0 Å². The molecule has 0 radical (unpaired) electrons. The largest absolute Gasteiger partial charge is 0.352 e. The second kappa shape index (κ2) is 13.6. The van der Waals surface area contributed by atoms with E-state index in [0.29, 0.717) is 5.69 Å². The van der Waals surface area contributed by atoms with Gasteiger partial charge in [-0.2, -0.15) is 0 Å². The van der Waals surface area contributed by atoms with Gasteiger partial charge >= 0.3 is 0 Å². The van der Waals surface area contributed by atoms with Crippen LogP contribution >= 0.6 is 0 Å². The Balaban J connectivity index is 1.69. The Labute approximate surface area is 251 Å². The maximum Gasteiger partial charge on any atom is 0.264 e. The first kappa shape index (κ1) is 31.3. The van der Waals surface area contributed by atoms with Gasteiger partial charge in [0.2, 0.25) is 11.8 Å². The molecule has 42 heavy (non-hydrogen) atoms. The molecule has 1 atom stereocenters. The van der Waals surface area contributed by atoms with E-state index in [9.17, 15) is 18.0 Å². The number of hydrogen-bond donors (Lipinski definition) is 1. The predicted molar refractivity (Wildman–Crippen MR) is 168 cm³/mol.